The van der Waals surface area contributed by atoms with Gasteiger partial charge >= 0.3 is 0 Å². The van der Waals surface area contributed by atoms with Gasteiger partial charge < -0.3 is 15.2 Å². The van der Waals surface area contributed by atoms with Crippen molar-refractivity contribution in [2.24, 2.45) is 22.7 Å². The van der Waals surface area contributed by atoms with E-state index in [0.29, 0.717) is 11.8 Å². The fourth-order valence-corrected chi connectivity index (χ4v) is 6.06. The minimum atomic E-state index is -0.329. The van der Waals surface area contributed by atoms with Crippen LogP contribution < -0.4 is 0 Å². The Hall–Kier alpha value is -1.58. The van der Waals surface area contributed by atoms with Gasteiger partial charge in [-0.1, -0.05) is 65.8 Å². The molecule has 2 saturated carbocycles. The summed E-state index contributed by atoms with van der Waals surface area (Å²) in [4.78, 5) is 4.55. The molecule has 2 unspecified atom stereocenters. The van der Waals surface area contributed by atoms with Crippen LogP contribution in [0.2, 0.25) is 0 Å². The van der Waals surface area contributed by atoms with Crippen LogP contribution in [0.25, 0.3) is 22.0 Å². The minimum absolute atomic E-state index is 0. The Labute approximate surface area is 218 Å². The van der Waals surface area contributed by atoms with Crippen molar-refractivity contribution in [3.8, 4) is 11.3 Å². The Kier molecular flexibility index (Phi) is 8.09. The molecular weight excluding hydrogens is 599 g/mol. The van der Waals surface area contributed by atoms with Crippen LogP contribution in [-0.2, 0) is 20.1 Å². The topological polar surface area (TPSA) is 53.4 Å². The summed E-state index contributed by atoms with van der Waals surface area (Å²) in [6, 6.07) is 19.8. The maximum Gasteiger partial charge on any atom is 0.0646 e. The van der Waals surface area contributed by atoms with Gasteiger partial charge in [-0.25, -0.2) is 0 Å². The molecule has 3 nitrogen and oxygen atoms in total. The quantitative estimate of drug-likeness (QED) is 0.311. The number of benzene rings is 2. The summed E-state index contributed by atoms with van der Waals surface area (Å²) < 4.78 is 0. The van der Waals surface area contributed by atoms with Crippen LogP contribution in [0.5, 0.6) is 0 Å². The number of aliphatic hydroxyl groups excluding tert-OH is 2. The van der Waals surface area contributed by atoms with Gasteiger partial charge in [-0.15, -0.1) is 35.9 Å². The van der Waals surface area contributed by atoms with Crippen molar-refractivity contribution in [2.45, 2.75) is 72.5 Å². The summed E-state index contributed by atoms with van der Waals surface area (Å²) in [6.07, 6.45) is 3.41. The Bertz CT molecular complexity index is 1090. The average Bonchev–Trinajstić information content (AvgIpc) is 3.13. The number of aromatic nitrogens is 1. The van der Waals surface area contributed by atoms with Crippen LogP contribution in [-0.4, -0.2) is 27.4 Å². The first-order chi connectivity index (χ1) is 15.5. The standard InChI is InChI=1S/C18H16N.C12H22O2.Ir/c1-13(2)16-10-6-9-15-12-19-18(11-17(15)16)14-7-4-3-5-8-14;1-11(2)5-7-6-12(3,4)10(14)8(7)9(11)13;/h3-7,9-13H,1-2H3;7-10,13-14H,5-6H2,1-4H3;/q-1;;. The molecule has 0 saturated heterocycles. The second-order valence-corrected chi connectivity index (χ2v) is 11.7. The van der Waals surface area contributed by atoms with Crippen LogP contribution in [0.3, 0.4) is 0 Å². The normalized spacial score (nSPS) is 26.5. The van der Waals surface area contributed by atoms with Gasteiger partial charge in [0.1, 0.15) is 0 Å². The zero-order valence-corrected chi connectivity index (χ0v) is 23.6. The monoisotopic (exact) mass is 637 g/mol. The van der Waals surface area contributed by atoms with Crippen molar-refractivity contribution in [3.63, 3.8) is 0 Å². The van der Waals surface area contributed by atoms with Crippen molar-refractivity contribution < 1.29 is 30.3 Å². The maximum atomic E-state index is 10.2. The first kappa shape index (κ1) is 27.0. The van der Waals surface area contributed by atoms with Gasteiger partial charge in [0.2, 0.25) is 0 Å². The molecule has 2 atom stereocenters. The average molecular weight is 637 g/mol. The largest absolute Gasteiger partial charge is 0.392 e. The molecule has 2 aromatic carbocycles. The van der Waals surface area contributed by atoms with Crippen molar-refractivity contribution in [1.29, 1.82) is 0 Å². The third kappa shape index (κ3) is 5.16. The summed E-state index contributed by atoms with van der Waals surface area (Å²) in [5.41, 5.74) is 3.39. The number of pyridine rings is 1. The summed E-state index contributed by atoms with van der Waals surface area (Å²) in [5, 5.41) is 22.8. The summed E-state index contributed by atoms with van der Waals surface area (Å²) >= 11 is 0. The third-order valence-corrected chi connectivity index (χ3v) is 7.86. The molecule has 2 aliphatic carbocycles. The Morgan fingerprint density at radius 3 is 2.12 bits per heavy atom. The molecule has 185 valence electrons. The van der Waals surface area contributed by atoms with Gasteiger partial charge in [0.05, 0.1) is 12.2 Å². The maximum absolute atomic E-state index is 10.2. The molecule has 0 aliphatic heterocycles. The number of aliphatic hydroxyl groups is 2. The predicted molar refractivity (Wildman–Crippen MR) is 136 cm³/mol. The van der Waals surface area contributed by atoms with Crippen LogP contribution in [0, 0.1) is 28.7 Å². The second kappa shape index (κ2) is 10.2. The van der Waals surface area contributed by atoms with Crippen LogP contribution in [0.15, 0.2) is 54.7 Å². The SMILES string of the molecule is CC(C)c1cccc2cnc(-c3[c-]cccc3)cc12.CC1(C)CC2CC(C)(C)C(O)C2C1O.[Ir]. The van der Waals surface area contributed by atoms with E-state index >= 15 is 0 Å². The van der Waals surface area contributed by atoms with Gasteiger partial charge in [-0.05, 0) is 57.5 Å². The van der Waals surface area contributed by atoms with Gasteiger partial charge in [-0.3, -0.25) is 0 Å². The number of nitrogens with zero attached hydrogens (tertiary/aromatic N) is 1. The fourth-order valence-electron chi connectivity index (χ4n) is 6.06. The molecule has 4 heteroatoms. The summed E-state index contributed by atoms with van der Waals surface area (Å²) in [7, 11) is 0. The number of rotatable bonds is 2. The molecule has 2 fully saturated rings. The molecule has 2 aliphatic rings. The van der Waals surface area contributed by atoms with Crippen molar-refractivity contribution in [3.05, 3.63) is 66.4 Å². The second-order valence-electron chi connectivity index (χ2n) is 11.7. The number of hydrogen-bond donors (Lipinski definition) is 2. The van der Waals surface area contributed by atoms with E-state index in [1.165, 1.54) is 16.3 Å². The van der Waals surface area contributed by atoms with E-state index in [1.54, 1.807) is 0 Å². The van der Waals surface area contributed by atoms with E-state index < -0.39 is 0 Å². The molecule has 2 N–H and O–H groups in total. The van der Waals surface area contributed by atoms with Crippen LogP contribution in [0.1, 0.15) is 65.9 Å². The summed E-state index contributed by atoms with van der Waals surface area (Å²) in [5.74, 6) is 1.14. The smallest absolute Gasteiger partial charge is 0.0646 e. The molecule has 0 bridgehead atoms. The molecule has 5 rings (SSSR count). The van der Waals surface area contributed by atoms with E-state index in [2.05, 4.69) is 76.9 Å². The predicted octanol–water partition coefficient (Wildman–Crippen LogP) is 6.62. The van der Waals surface area contributed by atoms with Gasteiger partial charge in [0.15, 0.2) is 0 Å². The Balaban J connectivity index is 0.000000193. The van der Waals surface area contributed by atoms with Crippen LogP contribution in [0.4, 0.5) is 0 Å². The van der Waals surface area contributed by atoms with Gasteiger partial charge in [0.25, 0.3) is 0 Å². The summed E-state index contributed by atoms with van der Waals surface area (Å²) in [6.45, 7) is 12.9. The first-order valence-electron chi connectivity index (χ1n) is 12.2. The van der Waals surface area contributed by atoms with E-state index in [1.807, 2.05) is 30.5 Å². The number of hydrogen-bond acceptors (Lipinski definition) is 3. The van der Waals surface area contributed by atoms with E-state index in [9.17, 15) is 10.2 Å². The Morgan fingerprint density at radius 1 is 0.941 bits per heavy atom. The molecule has 1 aromatic heterocycles. The number of fused-ring (bicyclic) bond motifs is 2. The van der Waals surface area contributed by atoms with Crippen molar-refractivity contribution >= 4 is 10.8 Å². The Morgan fingerprint density at radius 2 is 1.59 bits per heavy atom. The van der Waals surface area contributed by atoms with E-state index in [4.69, 9.17) is 0 Å². The molecular formula is C30H38IrNO2-. The van der Waals surface area contributed by atoms with Crippen LogP contribution >= 0.6 is 0 Å². The molecule has 1 radical (unpaired) electrons. The van der Waals surface area contributed by atoms with Gasteiger partial charge in [-0.2, -0.15) is 0 Å². The molecule has 0 spiro atoms. The molecule has 1 heterocycles. The van der Waals surface area contributed by atoms with Gasteiger partial charge in [0, 0.05) is 32.2 Å². The molecule has 0 amide bonds. The molecule has 3 aromatic rings. The fraction of sp³-hybridized carbons (Fsp3) is 0.500. The minimum Gasteiger partial charge on any atom is -0.392 e. The van der Waals surface area contributed by atoms with E-state index in [0.717, 1.165) is 24.1 Å². The third-order valence-electron chi connectivity index (χ3n) is 7.86. The van der Waals surface area contributed by atoms with Crippen molar-refractivity contribution in [1.82, 2.24) is 4.98 Å². The van der Waals surface area contributed by atoms with Crippen molar-refractivity contribution in [2.75, 3.05) is 0 Å². The first-order valence-corrected chi connectivity index (χ1v) is 12.2. The zero-order valence-electron chi connectivity index (χ0n) is 21.2. The zero-order chi connectivity index (χ0) is 24.0. The molecule has 34 heavy (non-hydrogen) atoms. The van der Waals surface area contributed by atoms with E-state index in [-0.39, 0.29) is 49.1 Å².